The van der Waals surface area contributed by atoms with Gasteiger partial charge in [-0.3, -0.25) is 14.5 Å². The van der Waals surface area contributed by atoms with E-state index in [1.807, 2.05) is 100 Å². The summed E-state index contributed by atoms with van der Waals surface area (Å²) in [5.74, 6) is -0.671. The highest BCUT2D eigenvalue weighted by Gasteiger charge is 2.35. The molecule has 230 valence electrons. The largest absolute Gasteiger partial charge is 0.445 e. The minimum atomic E-state index is -0.949. The number of nitrogens with zero attached hydrogens (tertiary/aromatic N) is 1. The van der Waals surface area contributed by atoms with Crippen molar-refractivity contribution in [2.24, 2.45) is 5.92 Å². The summed E-state index contributed by atoms with van der Waals surface area (Å²) in [5, 5.41) is 20.3. The number of carbonyl (C=O) groups is 3. The molecule has 4 N–H and O–H groups in total. The van der Waals surface area contributed by atoms with E-state index < -0.39 is 30.2 Å². The first-order valence-electron chi connectivity index (χ1n) is 15.0. The molecule has 1 aliphatic heterocycles. The number of piperidine rings is 1. The summed E-state index contributed by atoms with van der Waals surface area (Å²) in [6, 6.07) is 17.1. The Morgan fingerprint density at radius 2 is 1.57 bits per heavy atom. The molecule has 0 radical (unpaired) electrons. The highest BCUT2D eigenvalue weighted by molar-refractivity contribution is 5.86. The molecule has 0 bridgehead atoms. The number of carbonyl (C=O) groups excluding carboxylic acids is 3. The number of ether oxygens (including phenoxy) is 1. The Bertz CT molecular complexity index is 1140. The quantitative estimate of drug-likeness (QED) is 0.303. The third-order valence-corrected chi connectivity index (χ3v) is 7.36. The van der Waals surface area contributed by atoms with Crippen LogP contribution in [-0.2, 0) is 27.4 Å². The summed E-state index contributed by atoms with van der Waals surface area (Å²) in [4.78, 5) is 41.3. The predicted octanol–water partition coefficient (Wildman–Crippen LogP) is 3.80. The monoisotopic (exact) mass is 580 g/mol. The van der Waals surface area contributed by atoms with Crippen molar-refractivity contribution in [3.8, 4) is 0 Å². The normalized spacial score (nSPS) is 18.0. The second kappa shape index (κ2) is 15.7. The van der Waals surface area contributed by atoms with Crippen molar-refractivity contribution in [1.82, 2.24) is 20.9 Å². The number of likely N-dealkylation sites (tertiary alicyclic amines) is 1. The molecule has 1 saturated heterocycles. The average Bonchev–Trinajstić information content (AvgIpc) is 2.94. The van der Waals surface area contributed by atoms with Crippen LogP contribution in [0.15, 0.2) is 60.7 Å². The van der Waals surface area contributed by atoms with Gasteiger partial charge in [-0.25, -0.2) is 4.79 Å². The molecule has 3 amide bonds. The Balaban J connectivity index is 1.71. The molecule has 1 fully saturated rings. The molecule has 3 rings (SSSR count). The van der Waals surface area contributed by atoms with Crippen LogP contribution < -0.4 is 16.0 Å². The summed E-state index contributed by atoms with van der Waals surface area (Å²) in [6.45, 7) is 10.6. The number of β-amino-alcohol motifs (C(OH)–C–C–N with tert-alkyl or cyclic N) is 1. The van der Waals surface area contributed by atoms with Crippen LogP contribution in [0, 0.1) is 5.92 Å². The molecule has 1 aliphatic rings. The molecule has 42 heavy (non-hydrogen) atoms. The molecule has 2 aromatic rings. The second-order valence-corrected chi connectivity index (χ2v) is 12.5. The van der Waals surface area contributed by atoms with Crippen LogP contribution in [0.1, 0.15) is 65.0 Å². The van der Waals surface area contributed by atoms with Crippen molar-refractivity contribution in [1.29, 1.82) is 0 Å². The van der Waals surface area contributed by atoms with Gasteiger partial charge in [0.05, 0.1) is 18.2 Å². The Labute approximate surface area is 250 Å². The number of nitrogens with one attached hydrogen (secondary N) is 3. The lowest BCUT2D eigenvalue weighted by Gasteiger charge is -2.39. The van der Waals surface area contributed by atoms with Gasteiger partial charge in [0.25, 0.3) is 0 Å². The van der Waals surface area contributed by atoms with Crippen LogP contribution in [0.5, 0.6) is 0 Å². The zero-order valence-electron chi connectivity index (χ0n) is 25.6. The summed E-state index contributed by atoms with van der Waals surface area (Å²) in [6.07, 6.45) is 1.36. The number of aliphatic hydroxyl groups excluding tert-OH is 1. The number of aliphatic hydroxyl groups is 1. The maximum atomic E-state index is 13.6. The lowest BCUT2D eigenvalue weighted by Crippen LogP contribution is -2.59. The van der Waals surface area contributed by atoms with E-state index in [4.69, 9.17) is 4.74 Å². The molecule has 0 saturated carbocycles. The molecule has 1 heterocycles. The van der Waals surface area contributed by atoms with Crippen molar-refractivity contribution >= 4 is 17.9 Å². The van der Waals surface area contributed by atoms with Gasteiger partial charge >= 0.3 is 6.09 Å². The van der Waals surface area contributed by atoms with E-state index >= 15 is 0 Å². The third kappa shape index (κ3) is 10.8. The number of rotatable bonds is 12. The minimum Gasteiger partial charge on any atom is -0.445 e. The van der Waals surface area contributed by atoms with Crippen LogP contribution in [0.3, 0.4) is 0 Å². The van der Waals surface area contributed by atoms with Crippen molar-refractivity contribution in [2.45, 2.75) is 96.7 Å². The van der Waals surface area contributed by atoms with Crippen molar-refractivity contribution in [3.63, 3.8) is 0 Å². The lowest BCUT2D eigenvalue weighted by molar-refractivity contribution is -0.130. The van der Waals surface area contributed by atoms with Crippen molar-refractivity contribution < 1.29 is 24.2 Å². The number of alkyl carbamates (subject to hydrolysis) is 1. The highest BCUT2D eigenvalue weighted by atomic mass is 16.5. The van der Waals surface area contributed by atoms with Crippen LogP contribution in [0.2, 0.25) is 0 Å². The van der Waals surface area contributed by atoms with Gasteiger partial charge in [0, 0.05) is 12.1 Å². The third-order valence-electron chi connectivity index (χ3n) is 7.36. The van der Waals surface area contributed by atoms with E-state index in [0.29, 0.717) is 13.0 Å². The lowest BCUT2D eigenvalue weighted by atomic mass is 9.95. The van der Waals surface area contributed by atoms with Gasteiger partial charge in [-0.1, -0.05) is 80.9 Å². The van der Waals surface area contributed by atoms with Gasteiger partial charge in [0.15, 0.2) is 0 Å². The molecule has 4 atom stereocenters. The SMILES string of the molecule is CC(C)[C@H](NC(=O)OCc1ccccc1)C(=O)N[C@@H](Cc1ccccc1)[C@H](O)CN1CCCC[C@H]1C(=O)NC(C)(C)C. The van der Waals surface area contributed by atoms with Gasteiger partial charge in [-0.05, 0) is 63.6 Å². The van der Waals surface area contributed by atoms with E-state index in [2.05, 4.69) is 16.0 Å². The molecule has 0 unspecified atom stereocenters. The molecule has 0 spiro atoms. The Morgan fingerprint density at radius 3 is 2.17 bits per heavy atom. The van der Waals surface area contributed by atoms with Crippen LogP contribution in [0.25, 0.3) is 0 Å². The number of amides is 3. The number of hydrogen-bond acceptors (Lipinski definition) is 6. The molecule has 0 aromatic heterocycles. The highest BCUT2D eigenvalue weighted by Crippen LogP contribution is 2.20. The molecule has 2 aromatic carbocycles. The molecule has 9 nitrogen and oxygen atoms in total. The van der Waals surface area contributed by atoms with E-state index in [1.165, 1.54) is 0 Å². The van der Waals surface area contributed by atoms with Crippen LogP contribution in [0.4, 0.5) is 4.79 Å². The zero-order valence-corrected chi connectivity index (χ0v) is 25.6. The van der Waals surface area contributed by atoms with E-state index in [-0.39, 0.29) is 36.6 Å². The van der Waals surface area contributed by atoms with E-state index in [0.717, 1.165) is 30.4 Å². The molecule has 0 aliphatic carbocycles. The fourth-order valence-electron chi connectivity index (χ4n) is 5.18. The van der Waals surface area contributed by atoms with E-state index in [1.54, 1.807) is 0 Å². The van der Waals surface area contributed by atoms with Crippen LogP contribution in [-0.4, -0.2) is 70.8 Å². The van der Waals surface area contributed by atoms with Gasteiger partial charge in [0.2, 0.25) is 11.8 Å². The van der Waals surface area contributed by atoms with Gasteiger partial charge in [-0.15, -0.1) is 0 Å². The first kappa shape index (κ1) is 33.1. The van der Waals surface area contributed by atoms with Gasteiger partial charge in [-0.2, -0.15) is 0 Å². The summed E-state index contributed by atoms with van der Waals surface area (Å²) < 4.78 is 5.35. The average molecular weight is 581 g/mol. The smallest absolute Gasteiger partial charge is 0.408 e. The summed E-state index contributed by atoms with van der Waals surface area (Å²) in [5.41, 5.74) is 1.44. The van der Waals surface area contributed by atoms with Crippen molar-refractivity contribution in [3.05, 3.63) is 71.8 Å². The maximum Gasteiger partial charge on any atom is 0.408 e. The topological polar surface area (TPSA) is 120 Å². The number of hydrogen-bond donors (Lipinski definition) is 4. The molecular weight excluding hydrogens is 532 g/mol. The Morgan fingerprint density at radius 1 is 0.952 bits per heavy atom. The summed E-state index contributed by atoms with van der Waals surface area (Å²) >= 11 is 0. The fraction of sp³-hybridized carbons (Fsp3) is 0.545. The number of benzene rings is 2. The van der Waals surface area contributed by atoms with E-state index in [9.17, 15) is 19.5 Å². The van der Waals surface area contributed by atoms with Gasteiger partial charge < -0.3 is 25.8 Å². The molecular formula is C33H48N4O5. The fourth-order valence-corrected chi connectivity index (χ4v) is 5.18. The Kier molecular flexibility index (Phi) is 12.4. The minimum absolute atomic E-state index is 0.0452. The van der Waals surface area contributed by atoms with Crippen LogP contribution >= 0.6 is 0 Å². The Hall–Kier alpha value is -3.43. The van der Waals surface area contributed by atoms with Crippen molar-refractivity contribution in [2.75, 3.05) is 13.1 Å². The zero-order chi connectivity index (χ0) is 30.7. The molecule has 9 heteroatoms. The first-order chi connectivity index (χ1) is 19.9. The standard InChI is InChI=1S/C33H48N4O5/c1-23(2)29(35-32(41)42-22-25-16-10-7-11-17-25)31(40)34-26(20-24-14-8-6-9-15-24)28(38)21-37-19-13-12-18-27(37)30(39)36-33(3,4)5/h6-11,14-17,23,26-29,38H,12-13,18-22H2,1-5H3,(H,34,40)(H,35,41)(H,36,39)/t26-,27-,28+,29-/m0/s1. The predicted molar refractivity (Wildman–Crippen MR) is 164 cm³/mol. The maximum absolute atomic E-state index is 13.6. The first-order valence-corrected chi connectivity index (χ1v) is 15.0. The van der Waals surface area contributed by atoms with Gasteiger partial charge in [0.1, 0.15) is 12.6 Å². The summed E-state index contributed by atoms with van der Waals surface area (Å²) in [7, 11) is 0. The second-order valence-electron chi connectivity index (χ2n) is 12.5.